The van der Waals surface area contributed by atoms with E-state index < -0.39 is 0 Å². The molecule has 0 aromatic carbocycles. The molecule has 0 aliphatic heterocycles. The minimum atomic E-state index is 0.523. The Bertz CT molecular complexity index is 235. The van der Waals surface area contributed by atoms with Crippen molar-refractivity contribution in [3.63, 3.8) is 0 Å². The van der Waals surface area contributed by atoms with E-state index in [4.69, 9.17) is 11.6 Å². The number of hydrogen-bond acceptors (Lipinski definition) is 2. The van der Waals surface area contributed by atoms with Gasteiger partial charge in [0.1, 0.15) is 5.15 Å². The molecule has 1 heterocycles. The molecule has 0 aliphatic carbocycles. The lowest BCUT2D eigenvalue weighted by Crippen LogP contribution is -1.91. The van der Waals surface area contributed by atoms with E-state index in [-0.39, 0.29) is 0 Å². The Kier molecular flexibility index (Phi) is 2.12. The molecule has 0 saturated heterocycles. The van der Waals surface area contributed by atoms with Crippen molar-refractivity contribution >= 4 is 17.3 Å². The van der Waals surface area contributed by atoms with E-state index in [1.54, 1.807) is 12.3 Å². The Morgan fingerprint density at radius 2 is 2.30 bits per heavy atom. The van der Waals surface area contributed by atoms with Crippen LogP contribution in [0.15, 0.2) is 12.3 Å². The fourth-order valence-electron chi connectivity index (χ4n) is 0.768. The van der Waals surface area contributed by atoms with Crippen LogP contribution in [0, 0.1) is 6.92 Å². The van der Waals surface area contributed by atoms with Crippen molar-refractivity contribution in [3.8, 4) is 0 Å². The molecule has 0 spiro atoms. The predicted octanol–water partition coefficient (Wildman–Crippen LogP) is 2.09. The van der Waals surface area contributed by atoms with Gasteiger partial charge >= 0.3 is 0 Å². The minimum absolute atomic E-state index is 0.523. The number of pyridine rings is 1. The Morgan fingerprint density at radius 1 is 1.60 bits per heavy atom. The van der Waals surface area contributed by atoms with Crippen LogP contribution in [0.25, 0.3) is 0 Å². The summed E-state index contributed by atoms with van der Waals surface area (Å²) in [7, 11) is 1.86. The van der Waals surface area contributed by atoms with Crippen LogP contribution in [0.3, 0.4) is 0 Å². The van der Waals surface area contributed by atoms with Gasteiger partial charge in [-0.15, -0.1) is 0 Å². The molecule has 2 nitrogen and oxygen atoms in total. The SMILES string of the molecule is CNc1cc(Cl)ncc1C. The summed E-state index contributed by atoms with van der Waals surface area (Å²) < 4.78 is 0. The van der Waals surface area contributed by atoms with E-state index in [0.29, 0.717) is 5.15 Å². The molecule has 1 aromatic heterocycles. The van der Waals surface area contributed by atoms with Crippen molar-refractivity contribution in [2.24, 2.45) is 0 Å². The average molecular weight is 157 g/mol. The third-order valence-corrected chi connectivity index (χ3v) is 1.55. The molecule has 0 bridgehead atoms. The van der Waals surface area contributed by atoms with Crippen LogP contribution in [0.5, 0.6) is 0 Å². The molecule has 0 saturated carbocycles. The summed E-state index contributed by atoms with van der Waals surface area (Å²) in [6.07, 6.45) is 1.74. The molecular weight excluding hydrogens is 148 g/mol. The van der Waals surface area contributed by atoms with Gasteiger partial charge in [0.15, 0.2) is 0 Å². The summed E-state index contributed by atoms with van der Waals surface area (Å²) in [5, 5.41) is 3.53. The van der Waals surface area contributed by atoms with Crippen molar-refractivity contribution in [3.05, 3.63) is 23.0 Å². The number of aromatic nitrogens is 1. The summed E-state index contributed by atoms with van der Waals surface area (Å²) >= 11 is 5.64. The maximum Gasteiger partial charge on any atom is 0.131 e. The standard InChI is InChI=1S/C7H9ClN2/c1-5-4-10-7(8)3-6(5)9-2/h3-4H,1-2H3,(H,9,10). The maximum atomic E-state index is 5.64. The third kappa shape index (κ3) is 1.39. The zero-order valence-corrected chi connectivity index (χ0v) is 6.74. The number of anilines is 1. The lowest BCUT2D eigenvalue weighted by atomic mass is 10.3. The molecule has 0 radical (unpaired) electrons. The topological polar surface area (TPSA) is 24.9 Å². The summed E-state index contributed by atoms with van der Waals surface area (Å²) in [6.45, 7) is 1.98. The highest BCUT2D eigenvalue weighted by Gasteiger charge is 1.95. The average Bonchev–Trinajstić information content (AvgIpc) is 1.94. The predicted molar refractivity (Wildman–Crippen MR) is 43.5 cm³/mol. The Balaban J connectivity index is 3.09. The van der Waals surface area contributed by atoms with E-state index >= 15 is 0 Å². The lowest BCUT2D eigenvalue weighted by Gasteiger charge is -2.02. The largest absolute Gasteiger partial charge is 0.388 e. The monoisotopic (exact) mass is 156 g/mol. The summed E-state index contributed by atoms with van der Waals surface area (Å²) in [4.78, 5) is 3.91. The Labute approximate surface area is 65.2 Å². The van der Waals surface area contributed by atoms with Crippen LogP contribution in [-0.2, 0) is 0 Å². The minimum Gasteiger partial charge on any atom is -0.388 e. The first kappa shape index (κ1) is 7.35. The molecule has 0 atom stereocenters. The van der Waals surface area contributed by atoms with E-state index in [1.165, 1.54) is 0 Å². The first-order valence-electron chi connectivity index (χ1n) is 3.04. The van der Waals surface area contributed by atoms with Crippen LogP contribution in [-0.4, -0.2) is 12.0 Å². The van der Waals surface area contributed by atoms with Crippen LogP contribution < -0.4 is 5.32 Å². The van der Waals surface area contributed by atoms with E-state index in [1.807, 2.05) is 14.0 Å². The van der Waals surface area contributed by atoms with Crippen LogP contribution in [0.2, 0.25) is 5.15 Å². The van der Waals surface area contributed by atoms with Crippen molar-refractivity contribution < 1.29 is 0 Å². The second-order valence-corrected chi connectivity index (χ2v) is 2.46. The summed E-state index contributed by atoms with van der Waals surface area (Å²) in [5.41, 5.74) is 2.13. The van der Waals surface area contributed by atoms with Crippen molar-refractivity contribution in [1.29, 1.82) is 0 Å². The normalized spacial score (nSPS) is 9.50. The first-order chi connectivity index (χ1) is 4.74. The van der Waals surface area contributed by atoms with Crippen LogP contribution >= 0.6 is 11.6 Å². The van der Waals surface area contributed by atoms with Crippen molar-refractivity contribution in [2.75, 3.05) is 12.4 Å². The lowest BCUT2D eigenvalue weighted by molar-refractivity contribution is 1.26. The zero-order chi connectivity index (χ0) is 7.56. The zero-order valence-electron chi connectivity index (χ0n) is 5.98. The molecule has 10 heavy (non-hydrogen) atoms. The molecule has 0 unspecified atom stereocenters. The van der Waals surface area contributed by atoms with Crippen molar-refractivity contribution in [2.45, 2.75) is 6.92 Å². The number of halogens is 1. The number of rotatable bonds is 1. The molecule has 1 rings (SSSR count). The van der Waals surface area contributed by atoms with Gasteiger partial charge in [-0.1, -0.05) is 11.6 Å². The summed E-state index contributed by atoms with van der Waals surface area (Å²) in [5.74, 6) is 0. The van der Waals surface area contributed by atoms with Crippen molar-refractivity contribution in [1.82, 2.24) is 4.98 Å². The third-order valence-electron chi connectivity index (χ3n) is 1.34. The molecule has 0 fully saturated rings. The van der Waals surface area contributed by atoms with E-state index in [9.17, 15) is 0 Å². The fraction of sp³-hybridized carbons (Fsp3) is 0.286. The number of nitrogens with one attached hydrogen (secondary N) is 1. The molecule has 0 aliphatic rings. The number of hydrogen-bond donors (Lipinski definition) is 1. The van der Waals surface area contributed by atoms with Crippen LogP contribution in [0.4, 0.5) is 5.69 Å². The van der Waals surface area contributed by atoms with E-state index in [0.717, 1.165) is 11.3 Å². The van der Waals surface area contributed by atoms with Gasteiger partial charge in [-0.25, -0.2) is 4.98 Å². The summed E-state index contributed by atoms with van der Waals surface area (Å²) in [6, 6.07) is 1.80. The quantitative estimate of drug-likeness (QED) is 0.630. The molecule has 1 aromatic rings. The van der Waals surface area contributed by atoms with Gasteiger partial charge in [0.25, 0.3) is 0 Å². The van der Waals surface area contributed by atoms with Gasteiger partial charge in [0, 0.05) is 18.9 Å². The smallest absolute Gasteiger partial charge is 0.131 e. The second-order valence-electron chi connectivity index (χ2n) is 2.07. The first-order valence-corrected chi connectivity index (χ1v) is 3.41. The van der Waals surface area contributed by atoms with Gasteiger partial charge in [-0.05, 0) is 18.6 Å². The maximum absolute atomic E-state index is 5.64. The van der Waals surface area contributed by atoms with Gasteiger partial charge in [0.2, 0.25) is 0 Å². The highest BCUT2D eigenvalue weighted by Crippen LogP contribution is 2.16. The van der Waals surface area contributed by atoms with Crippen LogP contribution in [0.1, 0.15) is 5.56 Å². The Morgan fingerprint density at radius 3 is 2.80 bits per heavy atom. The highest BCUT2D eigenvalue weighted by molar-refractivity contribution is 6.29. The molecule has 54 valence electrons. The highest BCUT2D eigenvalue weighted by atomic mass is 35.5. The van der Waals surface area contributed by atoms with Gasteiger partial charge in [-0.2, -0.15) is 0 Å². The fourth-order valence-corrected chi connectivity index (χ4v) is 0.925. The van der Waals surface area contributed by atoms with E-state index in [2.05, 4.69) is 10.3 Å². The molecule has 1 N–H and O–H groups in total. The molecular formula is C7H9ClN2. The van der Waals surface area contributed by atoms with Gasteiger partial charge in [-0.3, -0.25) is 0 Å². The Hall–Kier alpha value is -0.760. The van der Waals surface area contributed by atoms with Gasteiger partial charge in [0.05, 0.1) is 0 Å². The number of nitrogens with zero attached hydrogens (tertiary/aromatic N) is 1. The number of aryl methyl sites for hydroxylation is 1. The molecule has 0 amide bonds. The molecule has 3 heteroatoms. The second kappa shape index (κ2) is 2.88. The van der Waals surface area contributed by atoms with Gasteiger partial charge < -0.3 is 5.32 Å².